The largest absolute Gasteiger partial charge is 0.798 e. The molecule has 7 nitrogen and oxygen atoms in total. The Bertz CT molecular complexity index is 251. The van der Waals surface area contributed by atoms with Gasteiger partial charge in [0.2, 0.25) is 0 Å². The van der Waals surface area contributed by atoms with Crippen LogP contribution in [0.15, 0.2) is 0 Å². The van der Waals surface area contributed by atoms with Crippen LogP contribution in [0.4, 0.5) is 0 Å². The first kappa shape index (κ1) is 12.1. The van der Waals surface area contributed by atoms with Gasteiger partial charge in [0.15, 0.2) is 0 Å². The minimum absolute atomic E-state index is 0.640. The van der Waals surface area contributed by atoms with E-state index in [1.54, 1.807) is 0 Å². The van der Waals surface area contributed by atoms with Crippen molar-refractivity contribution in [3.8, 4) is 0 Å². The van der Waals surface area contributed by atoms with Crippen molar-refractivity contribution in [3.63, 3.8) is 0 Å². The Morgan fingerprint density at radius 1 is 1.23 bits per heavy atom. The minimum atomic E-state index is -4.12. The van der Waals surface area contributed by atoms with Crippen LogP contribution in [0.3, 0.4) is 0 Å². The Hall–Kier alpha value is -0.910. The highest BCUT2D eigenvalue weighted by atomic mass is 31.2. The van der Waals surface area contributed by atoms with Crippen molar-refractivity contribution in [2.45, 2.75) is 0 Å². The first-order chi connectivity index (χ1) is 5.83. The Labute approximate surface area is 73.8 Å². The first-order valence-corrected chi connectivity index (χ1v) is 5.22. The third-order valence-electron chi connectivity index (χ3n) is 0.992. The van der Waals surface area contributed by atoms with E-state index in [0.29, 0.717) is 0 Å². The van der Waals surface area contributed by atoms with Crippen molar-refractivity contribution in [2.75, 3.05) is 19.0 Å². The van der Waals surface area contributed by atoms with E-state index in [4.69, 9.17) is 0 Å². The summed E-state index contributed by atoms with van der Waals surface area (Å²) in [4.78, 5) is 30.4. The zero-order valence-corrected chi connectivity index (χ0v) is 7.41. The molecule has 0 aliphatic rings. The lowest BCUT2D eigenvalue weighted by Crippen LogP contribution is -2.37. The molecule has 0 heterocycles. The summed E-state index contributed by atoms with van der Waals surface area (Å²) in [6, 6.07) is 0. The van der Waals surface area contributed by atoms with Crippen LogP contribution in [-0.4, -0.2) is 30.9 Å². The normalized spacial score (nSPS) is 14.8. The lowest BCUT2D eigenvalue weighted by atomic mass is 10.7. The molecule has 0 aromatic carbocycles. The topological polar surface area (TPSA) is 132 Å². The van der Waals surface area contributed by atoms with Crippen LogP contribution >= 0.6 is 7.37 Å². The molecule has 1 atom stereocenters. The predicted molar refractivity (Wildman–Crippen MR) is 35.4 cm³/mol. The maximum atomic E-state index is 10.8. The molecule has 0 aromatic rings. The number of hydrogen-bond donors (Lipinski definition) is 1. The Morgan fingerprint density at radius 3 is 2.15 bits per heavy atom. The van der Waals surface area contributed by atoms with Crippen molar-refractivity contribution in [1.29, 1.82) is 0 Å². The highest BCUT2D eigenvalue weighted by molar-refractivity contribution is 7.57. The number of carbonyl (C=O) groups excluding carboxylic acids is 2. The fourth-order valence-electron chi connectivity index (χ4n) is 0.581. The quantitative estimate of drug-likeness (QED) is 0.436. The summed E-state index contributed by atoms with van der Waals surface area (Å²) in [5.74, 6) is -3.18. The van der Waals surface area contributed by atoms with Crippen LogP contribution in [0.1, 0.15) is 0 Å². The van der Waals surface area contributed by atoms with Crippen LogP contribution in [-0.2, 0) is 14.2 Å². The molecule has 0 radical (unpaired) electrons. The van der Waals surface area contributed by atoms with Gasteiger partial charge in [0, 0.05) is 32.3 Å². The van der Waals surface area contributed by atoms with Gasteiger partial charge in [-0.1, -0.05) is 0 Å². The lowest BCUT2D eigenvalue weighted by Gasteiger charge is -2.24. The Balaban J connectivity index is 3.82. The van der Waals surface area contributed by atoms with Gasteiger partial charge in [-0.15, -0.1) is 0 Å². The van der Waals surface area contributed by atoms with Crippen LogP contribution in [0.25, 0.3) is 0 Å². The number of rotatable bonds is 6. The highest BCUT2D eigenvalue weighted by Crippen LogP contribution is 2.32. The van der Waals surface area contributed by atoms with Gasteiger partial charge in [-0.05, 0) is 0 Å². The van der Waals surface area contributed by atoms with Gasteiger partial charge in [0.1, 0.15) is 0 Å². The van der Waals surface area contributed by atoms with Crippen molar-refractivity contribution in [1.82, 2.24) is 5.32 Å². The second kappa shape index (κ2) is 4.96. The molecule has 76 valence electrons. The fraction of sp³-hybridized carbons (Fsp3) is 0.600. The van der Waals surface area contributed by atoms with Crippen molar-refractivity contribution >= 4 is 19.3 Å². The van der Waals surface area contributed by atoms with Crippen LogP contribution in [0.5, 0.6) is 0 Å². The number of hydrogen-bond acceptors (Lipinski definition) is 7. The summed E-state index contributed by atoms with van der Waals surface area (Å²) in [5.41, 5.74) is 0. The summed E-state index contributed by atoms with van der Waals surface area (Å²) in [6.07, 6.45) is -1.80. The molecular formula is C5H7NO6P-3. The zero-order valence-electron chi connectivity index (χ0n) is 6.52. The monoisotopic (exact) mass is 208 g/mol. The number of carboxylic acids is 2. The molecule has 0 saturated heterocycles. The molecule has 1 unspecified atom stereocenters. The molecule has 13 heavy (non-hydrogen) atoms. The van der Waals surface area contributed by atoms with Gasteiger partial charge in [-0.25, -0.2) is 0 Å². The molecule has 0 bridgehead atoms. The van der Waals surface area contributed by atoms with Crippen molar-refractivity contribution in [3.05, 3.63) is 0 Å². The Kier molecular flexibility index (Phi) is 4.61. The molecule has 0 spiro atoms. The average Bonchev–Trinajstić information content (AvgIpc) is 1.81. The van der Waals surface area contributed by atoms with Gasteiger partial charge < -0.3 is 34.6 Å². The summed E-state index contributed by atoms with van der Waals surface area (Å²) < 4.78 is 10.8. The maximum absolute atomic E-state index is 10.8. The number of aliphatic carboxylic acids is 2. The van der Waals surface area contributed by atoms with Gasteiger partial charge in [-0.2, -0.15) is 0 Å². The fourth-order valence-corrected chi connectivity index (χ4v) is 1.54. The average molecular weight is 208 g/mol. The molecule has 0 aliphatic heterocycles. The van der Waals surface area contributed by atoms with Gasteiger partial charge in [0.25, 0.3) is 0 Å². The smallest absolute Gasteiger partial charge is 0.0552 e. The third kappa shape index (κ3) is 7.45. The molecule has 0 saturated carbocycles. The SMILES string of the molecule is O=C([O-])CNCP(=O)([O-])CC(=O)[O-]. The van der Waals surface area contributed by atoms with Gasteiger partial charge >= 0.3 is 0 Å². The first-order valence-electron chi connectivity index (χ1n) is 3.23. The number of carbonyl (C=O) groups is 2. The van der Waals surface area contributed by atoms with E-state index in [1.807, 2.05) is 5.32 Å². The van der Waals surface area contributed by atoms with Crippen LogP contribution in [0, 0.1) is 0 Å². The third-order valence-corrected chi connectivity index (χ3v) is 2.44. The second-order valence-corrected chi connectivity index (χ2v) is 4.56. The molecular weight excluding hydrogens is 201 g/mol. The minimum Gasteiger partial charge on any atom is -0.798 e. The van der Waals surface area contributed by atoms with Gasteiger partial charge in [0.05, 0.1) is 5.97 Å². The molecule has 0 fully saturated rings. The van der Waals surface area contributed by atoms with Crippen LogP contribution < -0.4 is 20.4 Å². The molecule has 1 N–H and O–H groups in total. The zero-order chi connectivity index (χ0) is 10.5. The van der Waals surface area contributed by atoms with E-state index >= 15 is 0 Å². The number of carboxylic acid groups (broad SMARTS) is 2. The summed E-state index contributed by atoms with van der Waals surface area (Å²) in [7, 11) is -4.12. The summed E-state index contributed by atoms with van der Waals surface area (Å²) in [5, 5.41) is 21.7. The van der Waals surface area contributed by atoms with E-state index in [9.17, 15) is 29.3 Å². The molecule has 0 aromatic heterocycles. The molecule has 0 amide bonds. The van der Waals surface area contributed by atoms with Crippen LogP contribution in [0.2, 0.25) is 0 Å². The van der Waals surface area contributed by atoms with E-state index in [1.165, 1.54) is 0 Å². The standard InChI is InChI=1S/C5H10NO6P/c7-4(8)1-6-3-13(11,12)2-5(9)10/h6H,1-3H2,(H,7,8)(H,9,10)(H,11,12)/p-3. The molecule has 0 aliphatic carbocycles. The second-order valence-electron chi connectivity index (χ2n) is 2.30. The van der Waals surface area contributed by atoms with E-state index in [-0.39, 0.29) is 0 Å². The maximum Gasteiger partial charge on any atom is 0.0552 e. The Morgan fingerprint density at radius 2 is 1.77 bits per heavy atom. The van der Waals surface area contributed by atoms with E-state index in [2.05, 4.69) is 0 Å². The highest BCUT2D eigenvalue weighted by Gasteiger charge is 2.06. The summed E-state index contributed by atoms with van der Waals surface area (Å²) in [6.45, 7) is -0.640. The van der Waals surface area contributed by atoms with Gasteiger partial charge in [-0.3, -0.25) is 0 Å². The molecule has 0 rings (SSSR count). The van der Waals surface area contributed by atoms with E-state index < -0.39 is 38.3 Å². The lowest BCUT2D eigenvalue weighted by molar-refractivity contribution is -0.304. The summed E-state index contributed by atoms with van der Waals surface area (Å²) >= 11 is 0. The predicted octanol–water partition coefficient (Wildman–Crippen LogP) is -4.33. The van der Waals surface area contributed by atoms with Crippen molar-refractivity contribution < 1.29 is 29.3 Å². The van der Waals surface area contributed by atoms with Crippen molar-refractivity contribution in [2.24, 2.45) is 0 Å². The van der Waals surface area contributed by atoms with E-state index in [0.717, 1.165) is 0 Å². The number of nitrogens with one attached hydrogen (secondary N) is 1. The molecule has 8 heteroatoms.